The fourth-order valence-electron chi connectivity index (χ4n) is 4.45. The lowest BCUT2D eigenvalue weighted by Gasteiger charge is -2.26. The van der Waals surface area contributed by atoms with Crippen molar-refractivity contribution in [3.8, 4) is 11.5 Å². The molecule has 1 aliphatic rings. The Labute approximate surface area is 211 Å². The van der Waals surface area contributed by atoms with E-state index < -0.39 is 17.7 Å². The maximum Gasteiger partial charge on any atom is 0.300 e. The molecule has 0 spiro atoms. The molecule has 1 aliphatic heterocycles. The molecule has 1 heterocycles. The quantitative estimate of drug-likeness (QED) is 0.263. The average Bonchev–Trinajstić information content (AvgIpc) is 3.14. The van der Waals surface area contributed by atoms with Gasteiger partial charge in [-0.15, -0.1) is 0 Å². The van der Waals surface area contributed by atoms with Crippen molar-refractivity contribution in [1.29, 1.82) is 0 Å². The Morgan fingerprint density at radius 1 is 0.972 bits per heavy atom. The second kappa shape index (κ2) is 9.90. The molecular formula is C30H31NO5. The molecule has 36 heavy (non-hydrogen) atoms. The fourth-order valence-corrected chi connectivity index (χ4v) is 4.45. The molecule has 1 fully saturated rings. The average molecular weight is 486 g/mol. The van der Waals surface area contributed by atoms with E-state index >= 15 is 0 Å². The summed E-state index contributed by atoms with van der Waals surface area (Å²) in [5.41, 5.74) is 2.32. The molecule has 0 bridgehead atoms. The Morgan fingerprint density at radius 3 is 2.33 bits per heavy atom. The van der Waals surface area contributed by atoms with Gasteiger partial charge in [-0.05, 0) is 59.9 Å². The van der Waals surface area contributed by atoms with E-state index in [1.807, 2.05) is 43.3 Å². The van der Waals surface area contributed by atoms with E-state index in [1.54, 1.807) is 36.4 Å². The standard InChI is InChI=1S/C30H31NO5/c1-6-36-22-14-10-11-19(17-22)26-25(28(33)29(34)31(26)21-12-8-7-9-13-21)27(32)23-18-20(30(2,3)4)15-16-24(23)35-5/h7-18,26,32H,6H2,1-5H3/b27-25+. The Hall–Kier alpha value is -4.06. The number of amides is 1. The molecule has 1 N–H and O–H groups in total. The molecule has 3 aromatic carbocycles. The van der Waals surface area contributed by atoms with E-state index in [1.165, 1.54) is 12.0 Å². The molecule has 1 unspecified atom stereocenters. The van der Waals surface area contributed by atoms with Crippen molar-refractivity contribution in [2.75, 3.05) is 18.6 Å². The molecular weight excluding hydrogens is 454 g/mol. The molecule has 0 saturated carbocycles. The Balaban J connectivity index is 1.99. The smallest absolute Gasteiger partial charge is 0.300 e. The molecule has 6 heteroatoms. The van der Waals surface area contributed by atoms with E-state index in [-0.39, 0.29) is 16.7 Å². The third kappa shape index (κ3) is 4.59. The van der Waals surface area contributed by atoms with Crippen molar-refractivity contribution < 1.29 is 24.2 Å². The van der Waals surface area contributed by atoms with Crippen LogP contribution in [0.2, 0.25) is 0 Å². The first kappa shape index (κ1) is 25.0. The summed E-state index contributed by atoms with van der Waals surface area (Å²) in [6, 6.07) is 20.9. The zero-order chi connectivity index (χ0) is 26.0. The number of benzene rings is 3. The number of nitrogens with zero attached hydrogens (tertiary/aromatic N) is 1. The van der Waals surface area contributed by atoms with Crippen molar-refractivity contribution in [2.45, 2.75) is 39.2 Å². The van der Waals surface area contributed by atoms with Gasteiger partial charge in [-0.2, -0.15) is 0 Å². The van der Waals surface area contributed by atoms with Crippen molar-refractivity contribution in [3.63, 3.8) is 0 Å². The van der Waals surface area contributed by atoms with E-state index in [2.05, 4.69) is 20.8 Å². The van der Waals surface area contributed by atoms with Gasteiger partial charge in [0.05, 0.1) is 30.9 Å². The summed E-state index contributed by atoms with van der Waals surface area (Å²) in [5.74, 6) is -0.720. The van der Waals surface area contributed by atoms with Crippen LogP contribution < -0.4 is 14.4 Å². The van der Waals surface area contributed by atoms with Gasteiger partial charge in [0, 0.05) is 5.69 Å². The lowest BCUT2D eigenvalue weighted by Crippen LogP contribution is -2.29. The van der Waals surface area contributed by atoms with Gasteiger partial charge in [-0.25, -0.2) is 0 Å². The highest BCUT2D eigenvalue weighted by Crippen LogP contribution is 2.44. The van der Waals surface area contributed by atoms with Crippen LogP contribution in [-0.4, -0.2) is 30.5 Å². The lowest BCUT2D eigenvalue weighted by atomic mass is 9.85. The van der Waals surface area contributed by atoms with Gasteiger partial charge in [0.1, 0.15) is 17.3 Å². The van der Waals surface area contributed by atoms with Gasteiger partial charge in [0.25, 0.3) is 11.7 Å². The minimum atomic E-state index is -0.851. The number of aliphatic hydroxyl groups excluding tert-OH is 1. The summed E-state index contributed by atoms with van der Waals surface area (Å²) in [5, 5.41) is 11.6. The Morgan fingerprint density at radius 2 is 1.69 bits per heavy atom. The molecule has 0 aromatic heterocycles. The van der Waals surface area contributed by atoms with Crippen LogP contribution in [0.15, 0.2) is 78.4 Å². The number of Topliss-reactive ketones (excluding diaryl/α,β-unsaturated/α-hetero) is 1. The van der Waals surface area contributed by atoms with Gasteiger partial charge in [-0.3, -0.25) is 14.5 Å². The highest BCUT2D eigenvalue weighted by Gasteiger charge is 2.47. The summed E-state index contributed by atoms with van der Waals surface area (Å²) >= 11 is 0. The van der Waals surface area contributed by atoms with Crippen LogP contribution in [0.3, 0.4) is 0 Å². The number of carbonyl (C=O) groups is 2. The van der Waals surface area contributed by atoms with E-state index in [4.69, 9.17) is 9.47 Å². The molecule has 1 saturated heterocycles. The lowest BCUT2D eigenvalue weighted by molar-refractivity contribution is -0.132. The third-order valence-corrected chi connectivity index (χ3v) is 6.28. The summed E-state index contributed by atoms with van der Waals surface area (Å²) in [6.07, 6.45) is 0. The van der Waals surface area contributed by atoms with Crippen LogP contribution in [0.5, 0.6) is 11.5 Å². The first-order valence-electron chi connectivity index (χ1n) is 11.9. The fraction of sp³-hybridized carbons (Fsp3) is 0.267. The van der Waals surface area contributed by atoms with Gasteiger partial charge in [-0.1, -0.05) is 57.2 Å². The van der Waals surface area contributed by atoms with E-state index in [9.17, 15) is 14.7 Å². The van der Waals surface area contributed by atoms with Crippen LogP contribution in [0, 0.1) is 0 Å². The van der Waals surface area contributed by atoms with Crippen molar-refractivity contribution in [2.24, 2.45) is 0 Å². The Bertz CT molecular complexity index is 1320. The second-order valence-electron chi connectivity index (χ2n) is 9.68. The summed E-state index contributed by atoms with van der Waals surface area (Å²) < 4.78 is 11.2. The molecule has 3 aromatic rings. The van der Waals surface area contributed by atoms with Crippen LogP contribution in [-0.2, 0) is 15.0 Å². The molecule has 1 atom stereocenters. The maximum atomic E-state index is 13.5. The number of aliphatic hydroxyl groups is 1. The number of methoxy groups -OCH3 is 1. The van der Waals surface area contributed by atoms with Crippen molar-refractivity contribution >= 4 is 23.1 Å². The number of para-hydroxylation sites is 1. The third-order valence-electron chi connectivity index (χ3n) is 6.28. The maximum absolute atomic E-state index is 13.5. The van der Waals surface area contributed by atoms with Gasteiger partial charge >= 0.3 is 0 Å². The highest BCUT2D eigenvalue weighted by molar-refractivity contribution is 6.51. The minimum Gasteiger partial charge on any atom is -0.507 e. The van der Waals surface area contributed by atoms with E-state index in [0.29, 0.717) is 34.9 Å². The summed E-state index contributed by atoms with van der Waals surface area (Å²) in [6.45, 7) is 8.54. The summed E-state index contributed by atoms with van der Waals surface area (Å²) in [7, 11) is 1.51. The van der Waals surface area contributed by atoms with Crippen molar-refractivity contribution in [1.82, 2.24) is 0 Å². The van der Waals surface area contributed by atoms with Gasteiger partial charge < -0.3 is 14.6 Å². The largest absolute Gasteiger partial charge is 0.507 e. The van der Waals surface area contributed by atoms with Crippen molar-refractivity contribution in [3.05, 3.63) is 95.1 Å². The first-order chi connectivity index (χ1) is 17.2. The predicted octanol–water partition coefficient (Wildman–Crippen LogP) is 6.02. The molecule has 186 valence electrons. The first-order valence-corrected chi connectivity index (χ1v) is 11.9. The van der Waals surface area contributed by atoms with E-state index in [0.717, 1.165) is 5.56 Å². The van der Waals surface area contributed by atoms with Gasteiger partial charge in [0.15, 0.2) is 0 Å². The SMILES string of the molecule is CCOc1cccc(C2/C(=C(\O)c3cc(C(C)(C)C)ccc3OC)C(=O)C(=O)N2c2ccccc2)c1. The minimum absolute atomic E-state index is 0.00172. The monoisotopic (exact) mass is 485 g/mol. The zero-order valence-electron chi connectivity index (χ0n) is 21.2. The van der Waals surface area contributed by atoms with Crippen LogP contribution in [0.1, 0.15) is 50.4 Å². The number of hydrogen-bond acceptors (Lipinski definition) is 5. The molecule has 0 aliphatic carbocycles. The predicted molar refractivity (Wildman–Crippen MR) is 141 cm³/mol. The molecule has 1 amide bonds. The van der Waals surface area contributed by atoms with Crippen LogP contribution >= 0.6 is 0 Å². The zero-order valence-corrected chi connectivity index (χ0v) is 21.2. The number of hydrogen-bond donors (Lipinski definition) is 1. The van der Waals surface area contributed by atoms with Crippen LogP contribution in [0.4, 0.5) is 5.69 Å². The van der Waals surface area contributed by atoms with Gasteiger partial charge in [0.2, 0.25) is 0 Å². The normalized spacial score (nSPS) is 17.4. The molecule has 0 radical (unpaired) electrons. The number of carbonyl (C=O) groups excluding carboxylic acids is 2. The number of ether oxygens (including phenoxy) is 2. The number of rotatable bonds is 6. The second-order valence-corrected chi connectivity index (χ2v) is 9.68. The number of anilines is 1. The highest BCUT2D eigenvalue weighted by atomic mass is 16.5. The molecule has 6 nitrogen and oxygen atoms in total. The molecule has 4 rings (SSSR count). The summed E-state index contributed by atoms with van der Waals surface area (Å²) in [4.78, 5) is 28.3. The number of ketones is 1. The topological polar surface area (TPSA) is 76.1 Å². The Kier molecular flexibility index (Phi) is 6.88. The van der Waals surface area contributed by atoms with Crippen LogP contribution in [0.25, 0.3) is 5.76 Å².